The number of aromatic amines is 1. The maximum absolute atomic E-state index is 13.1. The summed E-state index contributed by atoms with van der Waals surface area (Å²) in [6, 6.07) is 11.5. The van der Waals surface area contributed by atoms with Gasteiger partial charge >= 0.3 is 13.5 Å². The number of aromatic nitrogens is 3. The third-order valence-corrected chi connectivity index (χ3v) is 5.34. The monoisotopic (exact) mass is 460 g/mol. The Balaban J connectivity index is 2.14. The summed E-state index contributed by atoms with van der Waals surface area (Å²) in [6.07, 6.45) is 1.64. The van der Waals surface area contributed by atoms with Crippen LogP contribution in [-0.2, 0) is 4.57 Å². The number of carbonyl (C=O) groups is 1. The Morgan fingerprint density at radius 3 is 2.62 bits per heavy atom. The minimum absolute atomic E-state index is 0.0452. The fourth-order valence-corrected chi connectivity index (χ4v) is 3.69. The summed E-state index contributed by atoms with van der Waals surface area (Å²) in [5.74, 6) is -0.475. The first kappa shape index (κ1) is 23.5. The molecule has 0 unspecified atom stereocenters. The number of H-pyrrole nitrogens is 1. The number of benzene rings is 2. The van der Waals surface area contributed by atoms with Crippen molar-refractivity contribution in [3.05, 3.63) is 64.1 Å². The van der Waals surface area contributed by atoms with E-state index < -0.39 is 19.4 Å². The van der Waals surface area contributed by atoms with Gasteiger partial charge < -0.3 is 9.42 Å². The van der Waals surface area contributed by atoms with Gasteiger partial charge in [0, 0.05) is 19.2 Å². The van der Waals surface area contributed by atoms with Crippen molar-refractivity contribution in [2.75, 3.05) is 13.6 Å². The summed E-state index contributed by atoms with van der Waals surface area (Å²) in [5, 5.41) is 6.53. The molecule has 170 valence electrons. The van der Waals surface area contributed by atoms with Gasteiger partial charge in [-0.1, -0.05) is 31.5 Å². The minimum atomic E-state index is -4.90. The fraction of sp³-hybridized carbons (Fsp3) is 0.286. The average Bonchev–Trinajstić information content (AvgIpc) is 3.12. The number of hydrogen-bond donors (Lipinski definition) is 3. The number of rotatable bonds is 8. The van der Waals surface area contributed by atoms with Gasteiger partial charge in [-0.05, 0) is 43.2 Å². The number of phosphoric acid groups is 1. The molecule has 11 heteroatoms. The Labute approximate surface area is 184 Å². The number of carbonyl (C=O) groups excluding carboxylic acids is 1. The number of aryl methyl sites for hydroxylation is 1. The average molecular weight is 460 g/mol. The second kappa shape index (κ2) is 9.52. The number of nitrogens with one attached hydrogen (secondary N) is 1. The van der Waals surface area contributed by atoms with Crippen LogP contribution in [0.25, 0.3) is 17.1 Å². The summed E-state index contributed by atoms with van der Waals surface area (Å²) >= 11 is 0. The van der Waals surface area contributed by atoms with Crippen LogP contribution in [0.1, 0.15) is 35.7 Å². The molecule has 0 aliphatic carbocycles. The molecule has 0 aliphatic heterocycles. The van der Waals surface area contributed by atoms with Crippen molar-refractivity contribution in [3.8, 4) is 22.8 Å². The van der Waals surface area contributed by atoms with Gasteiger partial charge in [0.1, 0.15) is 5.75 Å². The Morgan fingerprint density at radius 1 is 1.25 bits per heavy atom. The van der Waals surface area contributed by atoms with Gasteiger partial charge in [0.25, 0.3) is 5.91 Å². The van der Waals surface area contributed by atoms with Crippen molar-refractivity contribution >= 4 is 13.7 Å². The zero-order chi connectivity index (χ0) is 23.5. The van der Waals surface area contributed by atoms with Crippen LogP contribution >= 0.6 is 7.82 Å². The minimum Gasteiger partial charge on any atom is -0.403 e. The van der Waals surface area contributed by atoms with E-state index in [1.807, 2.05) is 26.0 Å². The van der Waals surface area contributed by atoms with Crippen molar-refractivity contribution in [1.82, 2.24) is 19.7 Å². The van der Waals surface area contributed by atoms with Gasteiger partial charge in [0.2, 0.25) is 0 Å². The molecule has 0 spiro atoms. The number of phosphoric ester groups is 1. The van der Waals surface area contributed by atoms with E-state index >= 15 is 0 Å². The third-order valence-electron chi connectivity index (χ3n) is 4.91. The van der Waals surface area contributed by atoms with Crippen molar-refractivity contribution in [2.24, 2.45) is 0 Å². The zero-order valence-electron chi connectivity index (χ0n) is 18.0. The van der Waals surface area contributed by atoms with Gasteiger partial charge in [0.05, 0.1) is 11.3 Å². The van der Waals surface area contributed by atoms with Gasteiger partial charge in [-0.25, -0.2) is 19.0 Å². The molecular weight excluding hydrogens is 435 g/mol. The second-order valence-electron chi connectivity index (χ2n) is 7.35. The lowest BCUT2D eigenvalue weighted by Gasteiger charge is -2.20. The number of amides is 1. The fourth-order valence-electron chi connectivity index (χ4n) is 3.27. The first-order valence-electron chi connectivity index (χ1n) is 10.0. The standard InChI is InChI=1S/C21H25N4O6P/c1-4-5-12-24(3)20(26)16-13-15(10-11-18(16)31-32(28,29)30)19-22-23-21(27)25(19)17-9-7-6-8-14(17)2/h6-11,13H,4-5,12H2,1-3H3,(H,23,27)(H2,28,29,30). The molecule has 0 fully saturated rings. The summed E-state index contributed by atoms with van der Waals surface area (Å²) in [5.41, 5.74) is 1.35. The van der Waals surface area contributed by atoms with E-state index in [-0.39, 0.29) is 17.1 Å². The Bertz CT molecular complexity index is 1230. The van der Waals surface area contributed by atoms with Crippen molar-refractivity contribution in [2.45, 2.75) is 26.7 Å². The number of nitrogens with zero attached hydrogens (tertiary/aromatic N) is 3. The largest absolute Gasteiger partial charge is 0.524 e. The maximum atomic E-state index is 13.1. The number of para-hydroxylation sites is 1. The molecule has 2 aromatic carbocycles. The van der Waals surface area contributed by atoms with E-state index in [4.69, 9.17) is 4.52 Å². The summed E-state index contributed by atoms with van der Waals surface area (Å²) < 4.78 is 17.6. The zero-order valence-corrected chi connectivity index (χ0v) is 18.9. The number of unbranched alkanes of at least 4 members (excludes halogenated alkanes) is 1. The van der Waals surface area contributed by atoms with Crippen LogP contribution in [0.5, 0.6) is 5.75 Å². The van der Waals surface area contributed by atoms with Crippen LogP contribution in [0.2, 0.25) is 0 Å². The lowest BCUT2D eigenvalue weighted by molar-refractivity contribution is 0.0791. The lowest BCUT2D eigenvalue weighted by atomic mass is 10.1. The van der Waals surface area contributed by atoms with Gasteiger partial charge in [-0.15, -0.1) is 0 Å². The van der Waals surface area contributed by atoms with E-state index in [2.05, 4.69) is 10.2 Å². The molecule has 0 saturated heterocycles. The van der Waals surface area contributed by atoms with Crippen LogP contribution in [0, 0.1) is 6.92 Å². The summed E-state index contributed by atoms with van der Waals surface area (Å²) in [7, 11) is -3.30. The molecule has 10 nitrogen and oxygen atoms in total. The highest BCUT2D eigenvalue weighted by Crippen LogP contribution is 2.40. The maximum Gasteiger partial charge on any atom is 0.524 e. The van der Waals surface area contributed by atoms with Crippen LogP contribution < -0.4 is 10.2 Å². The molecule has 0 aliphatic rings. The predicted octanol–water partition coefficient (Wildman–Crippen LogP) is 2.88. The first-order valence-corrected chi connectivity index (χ1v) is 11.5. The molecule has 1 heterocycles. The molecule has 1 amide bonds. The predicted molar refractivity (Wildman–Crippen MR) is 119 cm³/mol. The Hall–Kier alpha value is -3.20. The SMILES string of the molecule is CCCCN(C)C(=O)c1cc(-c2n[nH]c(=O)n2-c2ccccc2C)ccc1OP(=O)(O)O. The molecular formula is C21H25N4O6P. The van der Waals surface area contributed by atoms with E-state index in [0.29, 0.717) is 17.8 Å². The number of hydrogen-bond acceptors (Lipinski definition) is 5. The Kier molecular flexibility index (Phi) is 6.98. The van der Waals surface area contributed by atoms with Crippen LogP contribution in [0.4, 0.5) is 0 Å². The van der Waals surface area contributed by atoms with E-state index in [1.54, 1.807) is 19.2 Å². The van der Waals surface area contributed by atoms with Crippen LogP contribution in [0.3, 0.4) is 0 Å². The second-order valence-corrected chi connectivity index (χ2v) is 8.51. The first-order chi connectivity index (χ1) is 15.1. The van der Waals surface area contributed by atoms with E-state index in [1.165, 1.54) is 27.7 Å². The van der Waals surface area contributed by atoms with Crippen molar-refractivity contribution in [1.29, 1.82) is 0 Å². The molecule has 3 N–H and O–H groups in total. The Morgan fingerprint density at radius 2 is 1.97 bits per heavy atom. The third kappa shape index (κ3) is 5.16. The molecule has 3 rings (SSSR count). The van der Waals surface area contributed by atoms with E-state index in [9.17, 15) is 23.9 Å². The van der Waals surface area contributed by atoms with Gasteiger partial charge in [-0.2, -0.15) is 5.10 Å². The molecule has 0 bridgehead atoms. The highest BCUT2D eigenvalue weighted by Gasteiger charge is 2.25. The van der Waals surface area contributed by atoms with Gasteiger partial charge in [0.15, 0.2) is 5.82 Å². The molecule has 3 aromatic rings. The summed E-state index contributed by atoms with van der Waals surface area (Å²) in [4.78, 5) is 45.6. The van der Waals surface area contributed by atoms with Crippen LogP contribution in [0.15, 0.2) is 47.3 Å². The molecule has 0 atom stereocenters. The lowest BCUT2D eigenvalue weighted by Crippen LogP contribution is -2.28. The van der Waals surface area contributed by atoms with Crippen molar-refractivity contribution < 1.29 is 23.7 Å². The van der Waals surface area contributed by atoms with E-state index in [0.717, 1.165) is 18.4 Å². The normalized spacial score (nSPS) is 11.4. The molecule has 0 radical (unpaired) electrons. The highest BCUT2D eigenvalue weighted by atomic mass is 31.2. The van der Waals surface area contributed by atoms with Crippen molar-refractivity contribution in [3.63, 3.8) is 0 Å². The quantitative estimate of drug-likeness (QED) is 0.440. The van der Waals surface area contributed by atoms with Crippen LogP contribution in [-0.4, -0.2) is 49.0 Å². The molecule has 32 heavy (non-hydrogen) atoms. The highest BCUT2D eigenvalue weighted by molar-refractivity contribution is 7.46. The topological polar surface area (TPSA) is 138 Å². The molecule has 1 aromatic heterocycles. The molecule has 0 saturated carbocycles. The summed E-state index contributed by atoms with van der Waals surface area (Å²) in [6.45, 7) is 4.31. The smallest absolute Gasteiger partial charge is 0.403 e. The van der Waals surface area contributed by atoms with Gasteiger partial charge in [-0.3, -0.25) is 14.6 Å².